The quantitative estimate of drug-likeness (QED) is 0.619. The van der Waals surface area contributed by atoms with Gasteiger partial charge >= 0.3 is 6.61 Å². The molecule has 1 aliphatic heterocycles. The average molecular weight is 448 g/mol. The number of nitrogens with zero attached hydrogens (tertiary/aromatic N) is 1. The first kappa shape index (κ1) is 22.3. The second-order valence-corrected chi connectivity index (χ2v) is 7.24. The molecule has 0 atom stereocenters. The van der Waals surface area contributed by atoms with E-state index in [-0.39, 0.29) is 30.2 Å². The third-order valence-corrected chi connectivity index (χ3v) is 5.14. The van der Waals surface area contributed by atoms with Gasteiger partial charge in [-0.05, 0) is 41.6 Å². The number of methoxy groups -OCH3 is 1. The van der Waals surface area contributed by atoms with Crippen LogP contribution in [0.5, 0.6) is 11.5 Å². The second-order valence-electron chi connectivity index (χ2n) is 6.24. The van der Waals surface area contributed by atoms with Gasteiger partial charge in [0.15, 0.2) is 11.5 Å². The van der Waals surface area contributed by atoms with Crippen LogP contribution in [0.2, 0.25) is 0 Å². The molecule has 0 spiro atoms. The predicted octanol–water partition coefficient (Wildman–Crippen LogP) is 3.76. The topological polar surface area (TPSA) is 84.9 Å². The summed E-state index contributed by atoms with van der Waals surface area (Å²) in [5, 5.41) is 2.16. The van der Waals surface area contributed by atoms with Crippen molar-refractivity contribution in [1.82, 2.24) is 10.2 Å². The highest BCUT2D eigenvalue weighted by molar-refractivity contribution is 8.18. The molecule has 3 rings (SSSR count). The molecule has 0 bridgehead atoms. The average Bonchev–Trinajstić information content (AvgIpc) is 3.01. The Kier molecular flexibility index (Phi) is 7.24. The van der Waals surface area contributed by atoms with E-state index in [1.807, 2.05) is 30.3 Å². The number of imide groups is 1. The highest BCUT2D eigenvalue weighted by atomic mass is 32.2. The molecule has 1 heterocycles. The normalized spacial score (nSPS) is 15.0. The van der Waals surface area contributed by atoms with Crippen molar-refractivity contribution in [3.63, 3.8) is 0 Å². The highest BCUT2D eigenvalue weighted by Crippen LogP contribution is 2.32. The maximum Gasteiger partial charge on any atom is 0.387 e. The highest BCUT2D eigenvalue weighted by Gasteiger charge is 2.34. The molecule has 0 aromatic heterocycles. The van der Waals surface area contributed by atoms with E-state index < -0.39 is 23.7 Å². The Hall–Kier alpha value is -3.40. The summed E-state index contributed by atoms with van der Waals surface area (Å²) in [5.41, 5.74) is 0.950. The Morgan fingerprint density at radius 2 is 1.90 bits per heavy atom. The van der Waals surface area contributed by atoms with Crippen molar-refractivity contribution >= 4 is 34.9 Å². The van der Waals surface area contributed by atoms with Crippen molar-refractivity contribution in [3.8, 4) is 11.5 Å². The molecule has 31 heavy (non-hydrogen) atoms. The summed E-state index contributed by atoms with van der Waals surface area (Å²) in [4.78, 5) is 38.3. The fraction of sp³-hybridized carbons (Fsp3) is 0.190. The van der Waals surface area contributed by atoms with Crippen molar-refractivity contribution in [1.29, 1.82) is 0 Å². The Morgan fingerprint density at radius 3 is 2.58 bits per heavy atom. The lowest BCUT2D eigenvalue weighted by Gasteiger charge is -2.14. The van der Waals surface area contributed by atoms with Gasteiger partial charge in [0.05, 0.1) is 12.0 Å². The van der Waals surface area contributed by atoms with Gasteiger partial charge in [0.25, 0.3) is 17.1 Å². The summed E-state index contributed by atoms with van der Waals surface area (Å²) in [6.45, 7) is -3.01. The zero-order valence-corrected chi connectivity index (χ0v) is 17.2. The Bertz CT molecular complexity index is 1010. The predicted molar refractivity (Wildman–Crippen MR) is 111 cm³/mol. The number of carbonyl (C=O) groups is 3. The van der Waals surface area contributed by atoms with Crippen molar-refractivity contribution in [3.05, 3.63) is 64.6 Å². The molecule has 2 aromatic rings. The number of rotatable bonds is 8. The molecule has 1 saturated heterocycles. The molecule has 0 aliphatic carbocycles. The summed E-state index contributed by atoms with van der Waals surface area (Å²) in [7, 11) is 1.26. The van der Waals surface area contributed by atoms with Gasteiger partial charge in [-0.1, -0.05) is 30.3 Å². The minimum Gasteiger partial charge on any atom is -0.493 e. The lowest BCUT2D eigenvalue weighted by atomic mass is 10.2. The van der Waals surface area contributed by atoms with Crippen LogP contribution < -0.4 is 14.8 Å². The number of halogens is 2. The minimum absolute atomic E-state index is 0.00769. The monoisotopic (exact) mass is 448 g/mol. The van der Waals surface area contributed by atoms with Crippen molar-refractivity contribution < 1.29 is 32.6 Å². The summed E-state index contributed by atoms with van der Waals surface area (Å²) in [6, 6.07) is 12.9. The van der Waals surface area contributed by atoms with Gasteiger partial charge < -0.3 is 14.8 Å². The van der Waals surface area contributed by atoms with Crippen LogP contribution in [0, 0.1) is 0 Å². The molecule has 0 saturated carbocycles. The molecular weight excluding hydrogens is 430 g/mol. The summed E-state index contributed by atoms with van der Waals surface area (Å²) >= 11 is 0.837. The summed E-state index contributed by atoms with van der Waals surface area (Å²) in [6.07, 6.45) is 1.64. The first-order valence-electron chi connectivity index (χ1n) is 9.10. The lowest BCUT2D eigenvalue weighted by Crippen LogP contribution is -2.37. The smallest absolute Gasteiger partial charge is 0.387 e. The number of benzene rings is 2. The first-order valence-corrected chi connectivity index (χ1v) is 9.92. The number of hydrogen-bond donors (Lipinski definition) is 1. The van der Waals surface area contributed by atoms with Gasteiger partial charge in [-0.25, -0.2) is 0 Å². The molecule has 1 fully saturated rings. The van der Waals surface area contributed by atoms with E-state index in [1.54, 1.807) is 6.08 Å². The van der Waals surface area contributed by atoms with Gasteiger partial charge in [-0.3, -0.25) is 19.3 Å². The van der Waals surface area contributed by atoms with E-state index in [0.717, 1.165) is 22.2 Å². The molecule has 1 aliphatic rings. The molecular formula is C21H18F2N2O5S. The number of ether oxygens (including phenoxy) is 2. The largest absolute Gasteiger partial charge is 0.493 e. The van der Waals surface area contributed by atoms with Crippen LogP contribution in [0.25, 0.3) is 6.08 Å². The summed E-state index contributed by atoms with van der Waals surface area (Å²) in [5.74, 6) is -1.17. The third-order valence-electron chi connectivity index (χ3n) is 4.23. The number of carbonyl (C=O) groups excluding carboxylic acids is 3. The molecule has 1 N–H and O–H groups in total. The van der Waals surface area contributed by atoms with Crippen LogP contribution >= 0.6 is 11.8 Å². The molecule has 2 aromatic carbocycles. The van der Waals surface area contributed by atoms with Crippen LogP contribution in [-0.2, 0) is 4.79 Å². The number of alkyl halides is 2. The number of amides is 3. The number of nitrogens with one attached hydrogen (secondary N) is 1. The zero-order chi connectivity index (χ0) is 22.4. The van der Waals surface area contributed by atoms with E-state index in [1.165, 1.54) is 25.3 Å². The third kappa shape index (κ3) is 5.60. The van der Waals surface area contributed by atoms with Gasteiger partial charge in [-0.2, -0.15) is 8.78 Å². The Balaban J connectivity index is 1.58. The molecule has 0 radical (unpaired) electrons. The van der Waals surface area contributed by atoms with Crippen LogP contribution in [0.1, 0.15) is 15.9 Å². The lowest BCUT2D eigenvalue weighted by molar-refractivity contribution is -0.122. The van der Waals surface area contributed by atoms with E-state index in [9.17, 15) is 23.2 Å². The van der Waals surface area contributed by atoms with Crippen molar-refractivity contribution in [2.24, 2.45) is 0 Å². The number of hydrogen-bond acceptors (Lipinski definition) is 6. The maximum atomic E-state index is 12.5. The van der Waals surface area contributed by atoms with Crippen LogP contribution in [0.3, 0.4) is 0 Å². The van der Waals surface area contributed by atoms with Crippen molar-refractivity contribution in [2.75, 3.05) is 20.2 Å². The van der Waals surface area contributed by atoms with E-state index in [2.05, 4.69) is 10.1 Å². The molecule has 162 valence electrons. The fourth-order valence-electron chi connectivity index (χ4n) is 2.78. The van der Waals surface area contributed by atoms with E-state index >= 15 is 0 Å². The van der Waals surface area contributed by atoms with E-state index in [4.69, 9.17) is 4.74 Å². The standard InChI is InChI=1S/C21H18F2N2O5S/c1-29-16-12-14(7-8-15(16)30-20(22)23)18(26)24-9-10-25-19(27)17(31-21(25)28)11-13-5-3-2-4-6-13/h2-8,11-12,20H,9-10H2,1H3,(H,24,26)/b17-11-. The summed E-state index contributed by atoms with van der Waals surface area (Å²) < 4.78 is 34.1. The Labute approximate surface area is 181 Å². The molecule has 0 unspecified atom stereocenters. The van der Waals surface area contributed by atoms with Gasteiger partial charge in [0.2, 0.25) is 0 Å². The Morgan fingerprint density at radius 1 is 1.16 bits per heavy atom. The van der Waals surface area contributed by atoms with Crippen LogP contribution in [0.15, 0.2) is 53.4 Å². The SMILES string of the molecule is COc1cc(C(=O)NCCN2C(=O)S/C(=C\c3ccccc3)C2=O)ccc1OC(F)F. The van der Waals surface area contributed by atoms with Crippen LogP contribution in [-0.4, -0.2) is 48.8 Å². The maximum absolute atomic E-state index is 12.5. The number of thioether (sulfide) groups is 1. The van der Waals surface area contributed by atoms with Gasteiger partial charge in [0.1, 0.15) is 0 Å². The molecule has 7 nitrogen and oxygen atoms in total. The zero-order valence-electron chi connectivity index (χ0n) is 16.3. The van der Waals surface area contributed by atoms with Gasteiger partial charge in [-0.15, -0.1) is 0 Å². The van der Waals surface area contributed by atoms with Crippen LogP contribution in [0.4, 0.5) is 13.6 Å². The van der Waals surface area contributed by atoms with Gasteiger partial charge in [0, 0.05) is 18.7 Å². The molecule has 10 heteroatoms. The van der Waals surface area contributed by atoms with E-state index in [0.29, 0.717) is 4.91 Å². The van der Waals surface area contributed by atoms with Crippen molar-refractivity contribution in [2.45, 2.75) is 6.61 Å². The first-order chi connectivity index (χ1) is 14.9. The second kappa shape index (κ2) is 10.1. The molecule has 3 amide bonds. The minimum atomic E-state index is -3.03. The fourth-order valence-corrected chi connectivity index (χ4v) is 3.64.